The molecule has 2 aromatic rings. The summed E-state index contributed by atoms with van der Waals surface area (Å²) in [4.78, 5) is 4.02. The Morgan fingerprint density at radius 1 is 1.18 bits per heavy atom. The van der Waals surface area contributed by atoms with Gasteiger partial charge in [-0.15, -0.1) is 0 Å². The van der Waals surface area contributed by atoms with Crippen LogP contribution in [0, 0.1) is 0 Å². The van der Waals surface area contributed by atoms with Gasteiger partial charge in [0, 0.05) is 24.5 Å². The summed E-state index contributed by atoms with van der Waals surface area (Å²) in [5, 5.41) is 0. The number of benzene rings is 1. The molecule has 88 valence electrons. The van der Waals surface area contributed by atoms with E-state index in [0.717, 1.165) is 16.9 Å². The van der Waals surface area contributed by atoms with Crippen molar-refractivity contribution >= 4 is 0 Å². The van der Waals surface area contributed by atoms with Crippen molar-refractivity contribution in [2.75, 3.05) is 6.54 Å². The zero-order valence-electron chi connectivity index (χ0n) is 9.84. The van der Waals surface area contributed by atoms with Gasteiger partial charge in [0.2, 0.25) is 0 Å². The van der Waals surface area contributed by atoms with Crippen LogP contribution in [0.15, 0.2) is 48.8 Å². The Morgan fingerprint density at radius 3 is 2.59 bits per heavy atom. The van der Waals surface area contributed by atoms with Gasteiger partial charge in [-0.3, -0.25) is 4.98 Å². The molecular weight excluding hydrogens is 212 g/mol. The molecule has 1 aromatic heterocycles. The van der Waals surface area contributed by atoms with Crippen molar-refractivity contribution in [2.45, 2.75) is 13.0 Å². The molecular formula is C14H16N2O. The summed E-state index contributed by atoms with van der Waals surface area (Å²) in [5.41, 5.74) is 7.74. The van der Waals surface area contributed by atoms with Gasteiger partial charge in [0.05, 0.1) is 0 Å². The molecule has 0 aliphatic rings. The summed E-state index contributed by atoms with van der Waals surface area (Å²) in [7, 11) is 0. The van der Waals surface area contributed by atoms with E-state index in [0.29, 0.717) is 6.54 Å². The van der Waals surface area contributed by atoms with Crippen molar-refractivity contribution in [3.63, 3.8) is 0 Å². The first-order valence-corrected chi connectivity index (χ1v) is 5.67. The van der Waals surface area contributed by atoms with Gasteiger partial charge >= 0.3 is 0 Å². The predicted octanol–water partition coefficient (Wildman–Crippen LogP) is 2.47. The summed E-state index contributed by atoms with van der Waals surface area (Å²) in [6.45, 7) is 2.47. The fraction of sp³-hybridized carbons (Fsp3) is 0.214. The van der Waals surface area contributed by atoms with Crippen LogP contribution in [0.1, 0.15) is 6.92 Å². The number of pyridine rings is 1. The van der Waals surface area contributed by atoms with E-state index in [1.807, 2.05) is 43.3 Å². The highest BCUT2D eigenvalue weighted by molar-refractivity contribution is 5.69. The van der Waals surface area contributed by atoms with Gasteiger partial charge in [0.1, 0.15) is 11.9 Å². The summed E-state index contributed by atoms with van der Waals surface area (Å²) in [6.07, 6.45) is 3.56. The normalized spacial score (nSPS) is 12.1. The molecule has 1 aromatic carbocycles. The van der Waals surface area contributed by atoms with Gasteiger partial charge in [-0.05, 0) is 30.7 Å². The SMILES string of the molecule is CC(CN)Oc1ccccc1-c1ccncc1. The number of hydrogen-bond donors (Lipinski definition) is 1. The zero-order valence-corrected chi connectivity index (χ0v) is 9.84. The molecule has 17 heavy (non-hydrogen) atoms. The van der Waals surface area contributed by atoms with Crippen molar-refractivity contribution in [1.29, 1.82) is 0 Å². The minimum atomic E-state index is 0.0120. The van der Waals surface area contributed by atoms with Crippen LogP contribution in [-0.2, 0) is 0 Å². The number of aromatic nitrogens is 1. The molecule has 1 unspecified atom stereocenters. The molecule has 0 fully saturated rings. The fourth-order valence-corrected chi connectivity index (χ4v) is 1.60. The van der Waals surface area contributed by atoms with E-state index in [9.17, 15) is 0 Å². The molecule has 0 aliphatic heterocycles. The van der Waals surface area contributed by atoms with E-state index in [-0.39, 0.29) is 6.10 Å². The Kier molecular flexibility index (Phi) is 3.73. The third-order valence-electron chi connectivity index (χ3n) is 2.54. The summed E-state index contributed by atoms with van der Waals surface area (Å²) < 4.78 is 5.80. The Labute approximate surface area is 101 Å². The summed E-state index contributed by atoms with van der Waals surface area (Å²) >= 11 is 0. The van der Waals surface area contributed by atoms with Crippen molar-refractivity contribution in [3.05, 3.63) is 48.8 Å². The average molecular weight is 228 g/mol. The average Bonchev–Trinajstić information content (AvgIpc) is 2.40. The Hall–Kier alpha value is -1.87. The molecule has 0 amide bonds. The van der Waals surface area contributed by atoms with E-state index >= 15 is 0 Å². The van der Waals surface area contributed by atoms with E-state index in [4.69, 9.17) is 10.5 Å². The maximum absolute atomic E-state index is 5.80. The summed E-state index contributed by atoms with van der Waals surface area (Å²) in [5.74, 6) is 0.858. The van der Waals surface area contributed by atoms with Crippen LogP contribution in [0.2, 0.25) is 0 Å². The maximum Gasteiger partial charge on any atom is 0.127 e. The monoisotopic (exact) mass is 228 g/mol. The predicted molar refractivity (Wildman–Crippen MR) is 68.8 cm³/mol. The molecule has 0 aliphatic carbocycles. The Balaban J connectivity index is 2.34. The quantitative estimate of drug-likeness (QED) is 0.874. The van der Waals surface area contributed by atoms with E-state index < -0.39 is 0 Å². The molecule has 1 heterocycles. The Bertz CT molecular complexity index is 471. The lowest BCUT2D eigenvalue weighted by Gasteiger charge is -2.15. The van der Waals surface area contributed by atoms with Crippen LogP contribution in [0.4, 0.5) is 0 Å². The molecule has 0 saturated carbocycles. The molecule has 0 radical (unpaired) electrons. The second kappa shape index (κ2) is 5.46. The highest BCUT2D eigenvalue weighted by atomic mass is 16.5. The molecule has 0 saturated heterocycles. The van der Waals surface area contributed by atoms with E-state index in [1.165, 1.54) is 0 Å². The number of hydrogen-bond acceptors (Lipinski definition) is 3. The van der Waals surface area contributed by atoms with Gasteiger partial charge in [-0.2, -0.15) is 0 Å². The van der Waals surface area contributed by atoms with Crippen LogP contribution in [0.25, 0.3) is 11.1 Å². The van der Waals surface area contributed by atoms with Crippen LogP contribution < -0.4 is 10.5 Å². The van der Waals surface area contributed by atoms with Crippen molar-refractivity contribution in [3.8, 4) is 16.9 Å². The molecule has 1 atom stereocenters. The number of para-hydroxylation sites is 1. The van der Waals surface area contributed by atoms with Gasteiger partial charge in [-0.25, -0.2) is 0 Å². The second-order valence-electron chi connectivity index (χ2n) is 3.90. The van der Waals surface area contributed by atoms with Gasteiger partial charge in [0.15, 0.2) is 0 Å². The molecule has 3 heteroatoms. The highest BCUT2D eigenvalue weighted by Gasteiger charge is 2.08. The minimum absolute atomic E-state index is 0.0120. The molecule has 2 rings (SSSR count). The molecule has 3 nitrogen and oxygen atoms in total. The van der Waals surface area contributed by atoms with Crippen molar-refractivity contribution < 1.29 is 4.74 Å². The largest absolute Gasteiger partial charge is 0.489 e. The third kappa shape index (κ3) is 2.82. The maximum atomic E-state index is 5.80. The van der Waals surface area contributed by atoms with Gasteiger partial charge < -0.3 is 10.5 Å². The zero-order chi connectivity index (χ0) is 12.1. The first-order valence-electron chi connectivity index (χ1n) is 5.67. The summed E-state index contributed by atoms with van der Waals surface area (Å²) in [6, 6.07) is 11.9. The van der Waals surface area contributed by atoms with E-state index in [1.54, 1.807) is 12.4 Å². The standard InChI is InChI=1S/C14H16N2O/c1-11(10-15)17-14-5-3-2-4-13(14)12-6-8-16-9-7-12/h2-9,11H,10,15H2,1H3. The number of rotatable bonds is 4. The number of ether oxygens (including phenoxy) is 1. The topological polar surface area (TPSA) is 48.1 Å². The number of nitrogens with two attached hydrogens (primary N) is 1. The lowest BCUT2D eigenvalue weighted by Crippen LogP contribution is -2.23. The minimum Gasteiger partial charge on any atom is -0.489 e. The van der Waals surface area contributed by atoms with Gasteiger partial charge in [0.25, 0.3) is 0 Å². The van der Waals surface area contributed by atoms with Gasteiger partial charge in [-0.1, -0.05) is 18.2 Å². The molecule has 0 spiro atoms. The van der Waals surface area contributed by atoms with Crippen LogP contribution in [-0.4, -0.2) is 17.6 Å². The molecule has 2 N–H and O–H groups in total. The highest BCUT2D eigenvalue weighted by Crippen LogP contribution is 2.29. The fourth-order valence-electron chi connectivity index (χ4n) is 1.60. The third-order valence-corrected chi connectivity index (χ3v) is 2.54. The lowest BCUT2D eigenvalue weighted by atomic mass is 10.1. The van der Waals surface area contributed by atoms with Crippen molar-refractivity contribution in [2.24, 2.45) is 5.73 Å². The van der Waals surface area contributed by atoms with E-state index in [2.05, 4.69) is 4.98 Å². The second-order valence-corrected chi connectivity index (χ2v) is 3.90. The molecule has 0 bridgehead atoms. The van der Waals surface area contributed by atoms with Crippen molar-refractivity contribution in [1.82, 2.24) is 4.98 Å². The number of nitrogens with zero attached hydrogens (tertiary/aromatic N) is 1. The Morgan fingerprint density at radius 2 is 1.88 bits per heavy atom. The van der Waals surface area contributed by atoms with Crippen LogP contribution >= 0.6 is 0 Å². The van der Waals surface area contributed by atoms with Crippen LogP contribution in [0.5, 0.6) is 5.75 Å². The first-order chi connectivity index (χ1) is 8.31. The van der Waals surface area contributed by atoms with Crippen LogP contribution in [0.3, 0.4) is 0 Å². The smallest absolute Gasteiger partial charge is 0.127 e. The lowest BCUT2D eigenvalue weighted by molar-refractivity contribution is 0.231. The first kappa shape index (κ1) is 11.6.